The van der Waals surface area contributed by atoms with E-state index in [0.717, 1.165) is 5.56 Å². The van der Waals surface area contributed by atoms with Crippen LogP contribution < -0.4 is 10.6 Å². The lowest BCUT2D eigenvalue weighted by atomic mass is 10.0. The first-order chi connectivity index (χ1) is 13.5. The van der Waals surface area contributed by atoms with Crippen molar-refractivity contribution in [1.82, 2.24) is 5.32 Å². The van der Waals surface area contributed by atoms with Gasteiger partial charge >= 0.3 is 0 Å². The number of rotatable bonds is 7. The molecule has 0 aliphatic carbocycles. The van der Waals surface area contributed by atoms with Gasteiger partial charge in [-0.15, -0.1) is 0 Å². The van der Waals surface area contributed by atoms with Crippen molar-refractivity contribution in [2.75, 3.05) is 11.9 Å². The zero-order valence-electron chi connectivity index (χ0n) is 14.9. The molecule has 0 aromatic heterocycles. The van der Waals surface area contributed by atoms with E-state index >= 15 is 0 Å². The van der Waals surface area contributed by atoms with Crippen molar-refractivity contribution < 1.29 is 14.0 Å². The monoisotopic (exact) mass is 396 g/mol. The van der Waals surface area contributed by atoms with E-state index < -0.39 is 0 Å². The second kappa shape index (κ2) is 9.15. The quantitative estimate of drug-likeness (QED) is 0.580. The molecule has 0 bridgehead atoms. The Hall–Kier alpha value is -3.18. The van der Waals surface area contributed by atoms with Gasteiger partial charge in [0.15, 0.2) is 5.78 Å². The summed E-state index contributed by atoms with van der Waals surface area (Å²) in [6, 6.07) is 19.7. The summed E-state index contributed by atoms with van der Waals surface area (Å²) in [7, 11) is 0. The summed E-state index contributed by atoms with van der Waals surface area (Å²) in [6.45, 7) is 0.273. The van der Waals surface area contributed by atoms with Gasteiger partial charge in [-0.1, -0.05) is 54.1 Å². The molecule has 0 atom stereocenters. The molecule has 6 heteroatoms. The first kappa shape index (κ1) is 19.6. The fourth-order valence-corrected chi connectivity index (χ4v) is 2.82. The third-order valence-corrected chi connectivity index (χ3v) is 4.34. The average Bonchev–Trinajstić information content (AvgIpc) is 2.72. The zero-order valence-corrected chi connectivity index (χ0v) is 15.7. The lowest BCUT2D eigenvalue weighted by molar-refractivity contribution is -0.119. The molecular weight excluding hydrogens is 379 g/mol. The highest BCUT2D eigenvalue weighted by molar-refractivity contribution is 6.31. The van der Waals surface area contributed by atoms with Crippen LogP contribution in [0.3, 0.4) is 0 Å². The van der Waals surface area contributed by atoms with Crippen molar-refractivity contribution >= 4 is 29.0 Å². The van der Waals surface area contributed by atoms with Crippen LogP contribution in [0, 0.1) is 5.82 Å². The molecular formula is C22H18ClFN2O2. The number of benzene rings is 3. The van der Waals surface area contributed by atoms with Gasteiger partial charge in [-0.2, -0.15) is 0 Å². The van der Waals surface area contributed by atoms with Crippen LogP contribution in [0.2, 0.25) is 5.02 Å². The predicted molar refractivity (Wildman–Crippen MR) is 108 cm³/mol. The summed E-state index contributed by atoms with van der Waals surface area (Å²) in [5, 5.41) is 6.17. The Bertz CT molecular complexity index is 976. The maximum absolute atomic E-state index is 12.9. The maximum atomic E-state index is 12.9. The van der Waals surface area contributed by atoms with E-state index in [1.54, 1.807) is 54.6 Å². The molecule has 28 heavy (non-hydrogen) atoms. The number of ketones is 1. The van der Waals surface area contributed by atoms with Gasteiger partial charge in [0.1, 0.15) is 5.82 Å². The molecule has 0 spiro atoms. The van der Waals surface area contributed by atoms with Gasteiger partial charge in [-0.25, -0.2) is 4.39 Å². The molecule has 3 aromatic carbocycles. The number of carbonyl (C=O) groups is 2. The molecule has 0 fully saturated rings. The normalized spacial score (nSPS) is 10.4. The van der Waals surface area contributed by atoms with Crippen LogP contribution in [0.1, 0.15) is 21.5 Å². The molecule has 142 valence electrons. The van der Waals surface area contributed by atoms with Crippen molar-refractivity contribution in [2.24, 2.45) is 0 Å². The first-order valence-corrected chi connectivity index (χ1v) is 9.05. The Labute approximate surface area is 167 Å². The minimum absolute atomic E-state index is 0.0160. The van der Waals surface area contributed by atoms with E-state index in [2.05, 4.69) is 10.6 Å². The van der Waals surface area contributed by atoms with E-state index in [-0.39, 0.29) is 30.6 Å². The van der Waals surface area contributed by atoms with Crippen LogP contribution in [-0.2, 0) is 11.3 Å². The molecule has 0 heterocycles. The molecule has 3 rings (SSSR count). The van der Waals surface area contributed by atoms with Gasteiger partial charge in [0.2, 0.25) is 5.91 Å². The van der Waals surface area contributed by atoms with Crippen molar-refractivity contribution in [1.29, 1.82) is 0 Å². The maximum Gasteiger partial charge on any atom is 0.239 e. The van der Waals surface area contributed by atoms with Crippen molar-refractivity contribution in [3.63, 3.8) is 0 Å². The number of hydrogen-bond donors (Lipinski definition) is 2. The highest BCUT2D eigenvalue weighted by Gasteiger charge is 2.15. The van der Waals surface area contributed by atoms with E-state index in [4.69, 9.17) is 11.6 Å². The van der Waals surface area contributed by atoms with Crippen LogP contribution in [-0.4, -0.2) is 18.2 Å². The van der Waals surface area contributed by atoms with Gasteiger partial charge < -0.3 is 10.6 Å². The first-order valence-electron chi connectivity index (χ1n) is 8.67. The second-order valence-corrected chi connectivity index (χ2v) is 6.58. The highest BCUT2D eigenvalue weighted by Crippen LogP contribution is 2.23. The number of amides is 1. The molecule has 4 nitrogen and oxygen atoms in total. The average molecular weight is 397 g/mol. The summed E-state index contributed by atoms with van der Waals surface area (Å²) in [5.74, 6) is -0.759. The number of anilines is 1. The largest absolute Gasteiger partial charge is 0.376 e. The van der Waals surface area contributed by atoms with Crippen molar-refractivity contribution in [3.8, 4) is 0 Å². The third-order valence-electron chi connectivity index (χ3n) is 4.10. The third kappa shape index (κ3) is 5.18. The number of halogens is 2. The second-order valence-electron chi connectivity index (χ2n) is 6.14. The fraction of sp³-hybridized carbons (Fsp3) is 0.0909. The Morgan fingerprint density at radius 1 is 0.929 bits per heavy atom. The molecule has 0 aliphatic rings. The summed E-state index contributed by atoms with van der Waals surface area (Å²) in [6.07, 6.45) is 0. The molecule has 2 N–H and O–H groups in total. The molecule has 3 aromatic rings. The van der Waals surface area contributed by atoms with E-state index in [0.29, 0.717) is 21.8 Å². The molecule has 0 unspecified atom stereocenters. The van der Waals surface area contributed by atoms with Crippen LogP contribution in [0.4, 0.5) is 10.1 Å². The summed E-state index contributed by atoms with van der Waals surface area (Å²) >= 11 is 6.05. The Balaban J connectivity index is 1.64. The lowest BCUT2D eigenvalue weighted by Crippen LogP contribution is -2.29. The van der Waals surface area contributed by atoms with Gasteiger partial charge in [0.25, 0.3) is 0 Å². The Morgan fingerprint density at radius 3 is 2.36 bits per heavy atom. The van der Waals surface area contributed by atoms with E-state index in [9.17, 15) is 14.0 Å². The zero-order chi connectivity index (χ0) is 19.9. The minimum atomic E-state index is -0.324. The Morgan fingerprint density at radius 2 is 1.64 bits per heavy atom. The van der Waals surface area contributed by atoms with Crippen molar-refractivity contribution in [2.45, 2.75) is 6.54 Å². The SMILES string of the molecule is O=C(CNc1ccc(Cl)cc1C(=O)c1ccccc1)NCc1ccc(F)cc1. The van der Waals surface area contributed by atoms with Crippen LogP contribution in [0.25, 0.3) is 0 Å². The molecule has 0 saturated carbocycles. The van der Waals surface area contributed by atoms with Gasteiger partial charge in [-0.3, -0.25) is 9.59 Å². The number of nitrogens with one attached hydrogen (secondary N) is 2. The molecule has 0 radical (unpaired) electrons. The molecule has 1 amide bonds. The number of hydrogen-bond acceptors (Lipinski definition) is 3. The molecule has 0 aliphatic heterocycles. The standard InChI is InChI=1S/C22H18ClFN2O2/c23-17-8-11-20(19(12-17)22(28)16-4-2-1-3-5-16)25-14-21(27)26-13-15-6-9-18(24)10-7-15/h1-12,25H,13-14H2,(H,26,27). The summed E-state index contributed by atoms with van der Waals surface area (Å²) in [4.78, 5) is 24.9. The minimum Gasteiger partial charge on any atom is -0.376 e. The smallest absolute Gasteiger partial charge is 0.239 e. The van der Waals surface area contributed by atoms with Crippen molar-refractivity contribution in [3.05, 3.63) is 100 Å². The van der Waals surface area contributed by atoms with Crippen LogP contribution in [0.5, 0.6) is 0 Å². The van der Waals surface area contributed by atoms with Gasteiger partial charge in [0.05, 0.1) is 6.54 Å². The van der Waals surface area contributed by atoms with Crippen LogP contribution >= 0.6 is 11.6 Å². The topological polar surface area (TPSA) is 58.2 Å². The van der Waals surface area contributed by atoms with E-state index in [1.165, 1.54) is 12.1 Å². The summed E-state index contributed by atoms with van der Waals surface area (Å²) in [5.41, 5.74) is 2.25. The fourth-order valence-electron chi connectivity index (χ4n) is 2.64. The predicted octanol–water partition coefficient (Wildman–Crippen LogP) is 4.44. The Kier molecular flexibility index (Phi) is 6.40. The summed E-state index contributed by atoms with van der Waals surface area (Å²) < 4.78 is 12.9. The van der Waals surface area contributed by atoms with E-state index in [1.807, 2.05) is 6.07 Å². The highest BCUT2D eigenvalue weighted by atomic mass is 35.5. The van der Waals surface area contributed by atoms with Crippen LogP contribution in [0.15, 0.2) is 72.8 Å². The van der Waals surface area contributed by atoms with Gasteiger partial charge in [-0.05, 0) is 35.9 Å². The molecule has 0 saturated heterocycles. The lowest BCUT2D eigenvalue weighted by Gasteiger charge is -2.12. The van der Waals surface area contributed by atoms with Gasteiger partial charge in [0, 0.05) is 28.4 Å². The number of carbonyl (C=O) groups excluding carboxylic acids is 2.